The van der Waals surface area contributed by atoms with Crippen LogP contribution >= 0.6 is 11.8 Å². The molecule has 2 amide bonds. The van der Waals surface area contributed by atoms with E-state index in [4.69, 9.17) is 0 Å². The standard InChI is InChI=1S/C18H17N3OS/c1-23-17-6-4-5-15(13-17)20-18(22)19-14-7-9-16(10-8-14)21-11-2-3-12-21/h2-13H,1H3,(H2,19,20,22). The van der Waals surface area contributed by atoms with E-state index in [-0.39, 0.29) is 6.03 Å². The van der Waals surface area contributed by atoms with Crippen LogP contribution in [0.3, 0.4) is 0 Å². The molecule has 1 aromatic heterocycles. The van der Waals surface area contributed by atoms with Gasteiger partial charge in [0.1, 0.15) is 0 Å². The lowest BCUT2D eigenvalue weighted by Gasteiger charge is -2.09. The Hall–Kier alpha value is -2.66. The van der Waals surface area contributed by atoms with Gasteiger partial charge in [-0.15, -0.1) is 11.8 Å². The van der Waals surface area contributed by atoms with Crippen LogP contribution in [0.5, 0.6) is 0 Å². The molecule has 3 aromatic rings. The Kier molecular flexibility index (Phi) is 4.68. The lowest BCUT2D eigenvalue weighted by atomic mass is 10.3. The maximum Gasteiger partial charge on any atom is 0.323 e. The zero-order valence-corrected chi connectivity index (χ0v) is 13.5. The largest absolute Gasteiger partial charge is 0.324 e. The molecule has 4 nitrogen and oxygen atoms in total. The van der Waals surface area contributed by atoms with Gasteiger partial charge >= 0.3 is 6.03 Å². The van der Waals surface area contributed by atoms with Crippen LogP contribution in [0.1, 0.15) is 0 Å². The van der Waals surface area contributed by atoms with Crippen molar-refractivity contribution >= 4 is 29.2 Å². The number of anilines is 2. The minimum atomic E-state index is -0.253. The van der Waals surface area contributed by atoms with Crippen molar-refractivity contribution in [3.05, 3.63) is 73.1 Å². The number of hydrogen-bond acceptors (Lipinski definition) is 2. The molecule has 0 unspecified atom stereocenters. The molecular weight excluding hydrogens is 306 g/mol. The van der Waals surface area contributed by atoms with Crippen LogP contribution in [0.15, 0.2) is 78.0 Å². The van der Waals surface area contributed by atoms with Gasteiger partial charge in [0.05, 0.1) is 0 Å². The number of hydrogen-bond donors (Lipinski definition) is 2. The number of nitrogens with one attached hydrogen (secondary N) is 2. The van der Waals surface area contributed by atoms with E-state index in [0.717, 1.165) is 22.0 Å². The first kappa shape index (κ1) is 15.2. The number of rotatable bonds is 4. The van der Waals surface area contributed by atoms with E-state index in [1.807, 2.05) is 83.9 Å². The van der Waals surface area contributed by atoms with Crippen molar-refractivity contribution in [1.82, 2.24) is 4.57 Å². The quantitative estimate of drug-likeness (QED) is 0.675. The van der Waals surface area contributed by atoms with Gasteiger partial charge in [-0.1, -0.05) is 6.07 Å². The molecule has 23 heavy (non-hydrogen) atoms. The number of thioether (sulfide) groups is 1. The van der Waals surface area contributed by atoms with Crippen molar-refractivity contribution < 1.29 is 4.79 Å². The number of aromatic nitrogens is 1. The highest BCUT2D eigenvalue weighted by molar-refractivity contribution is 7.98. The third-order valence-electron chi connectivity index (χ3n) is 3.36. The molecule has 2 aromatic carbocycles. The Balaban J connectivity index is 1.63. The second-order valence-electron chi connectivity index (χ2n) is 4.95. The summed E-state index contributed by atoms with van der Waals surface area (Å²) in [6, 6.07) is 19.1. The highest BCUT2D eigenvalue weighted by Gasteiger charge is 2.04. The van der Waals surface area contributed by atoms with E-state index in [2.05, 4.69) is 10.6 Å². The molecule has 1 heterocycles. The molecule has 0 atom stereocenters. The summed E-state index contributed by atoms with van der Waals surface area (Å²) in [5, 5.41) is 5.67. The van der Waals surface area contributed by atoms with Crippen LogP contribution < -0.4 is 10.6 Å². The molecule has 0 fully saturated rings. The predicted molar refractivity (Wildman–Crippen MR) is 96.6 cm³/mol. The zero-order valence-electron chi connectivity index (χ0n) is 12.7. The summed E-state index contributed by atoms with van der Waals surface area (Å²) in [4.78, 5) is 13.2. The number of urea groups is 1. The normalized spacial score (nSPS) is 10.3. The van der Waals surface area contributed by atoms with Gasteiger partial charge < -0.3 is 15.2 Å². The van der Waals surface area contributed by atoms with Gasteiger partial charge in [-0.3, -0.25) is 0 Å². The van der Waals surface area contributed by atoms with Crippen LogP contribution in [-0.2, 0) is 0 Å². The Morgan fingerprint density at radius 1 is 0.913 bits per heavy atom. The number of benzene rings is 2. The topological polar surface area (TPSA) is 46.1 Å². The summed E-state index contributed by atoms with van der Waals surface area (Å²) in [7, 11) is 0. The fraction of sp³-hybridized carbons (Fsp3) is 0.0556. The monoisotopic (exact) mass is 323 g/mol. The van der Waals surface area contributed by atoms with Crippen molar-refractivity contribution in [1.29, 1.82) is 0 Å². The molecule has 0 radical (unpaired) electrons. The Bertz CT molecular complexity index is 782. The van der Waals surface area contributed by atoms with Crippen LogP contribution in [0, 0.1) is 0 Å². The fourth-order valence-electron chi connectivity index (χ4n) is 2.22. The summed E-state index contributed by atoms with van der Waals surface area (Å²) in [6.07, 6.45) is 5.97. The van der Waals surface area contributed by atoms with Gasteiger partial charge in [-0.25, -0.2) is 4.79 Å². The maximum absolute atomic E-state index is 12.1. The Morgan fingerprint density at radius 3 is 2.30 bits per heavy atom. The molecule has 3 rings (SSSR count). The second kappa shape index (κ2) is 7.07. The third kappa shape index (κ3) is 3.96. The van der Waals surface area contributed by atoms with Gasteiger partial charge in [0.25, 0.3) is 0 Å². The van der Waals surface area contributed by atoms with E-state index in [1.165, 1.54) is 0 Å². The number of nitrogens with zero attached hydrogens (tertiary/aromatic N) is 1. The SMILES string of the molecule is CSc1cccc(NC(=O)Nc2ccc(-n3cccc3)cc2)c1. The molecule has 116 valence electrons. The molecule has 0 aliphatic heterocycles. The highest BCUT2D eigenvalue weighted by Crippen LogP contribution is 2.19. The average Bonchev–Trinajstić information content (AvgIpc) is 3.10. The lowest BCUT2D eigenvalue weighted by Crippen LogP contribution is -2.19. The van der Waals surface area contributed by atoms with Gasteiger partial charge in [-0.2, -0.15) is 0 Å². The van der Waals surface area contributed by atoms with Gasteiger partial charge in [0.15, 0.2) is 0 Å². The van der Waals surface area contributed by atoms with Crippen LogP contribution in [0.2, 0.25) is 0 Å². The van der Waals surface area contributed by atoms with Crippen molar-refractivity contribution in [3.63, 3.8) is 0 Å². The smallest absolute Gasteiger partial charge is 0.323 e. The van der Waals surface area contributed by atoms with Gasteiger partial charge in [0, 0.05) is 34.4 Å². The summed E-state index contributed by atoms with van der Waals surface area (Å²) in [5.41, 5.74) is 2.58. The molecule has 0 saturated heterocycles. The van der Waals surface area contributed by atoms with Crippen molar-refractivity contribution in [2.24, 2.45) is 0 Å². The van der Waals surface area contributed by atoms with Crippen molar-refractivity contribution in [2.75, 3.05) is 16.9 Å². The van der Waals surface area contributed by atoms with E-state index >= 15 is 0 Å². The summed E-state index contributed by atoms with van der Waals surface area (Å²) in [6.45, 7) is 0. The minimum Gasteiger partial charge on any atom is -0.324 e. The number of carbonyl (C=O) groups is 1. The first-order valence-electron chi connectivity index (χ1n) is 7.20. The maximum atomic E-state index is 12.1. The number of amides is 2. The van der Waals surface area contributed by atoms with Crippen LogP contribution in [-0.4, -0.2) is 16.9 Å². The first-order chi connectivity index (χ1) is 11.2. The molecular formula is C18H17N3OS. The number of carbonyl (C=O) groups excluding carboxylic acids is 1. The van der Waals surface area contributed by atoms with Crippen molar-refractivity contribution in [3.8, 4) is 5.69 Å². The Morgan fingerprint density at radius 2 is 1.61 bits per heavy atom. The molecule has 0 saturated carbocycles. The summed E-state index contributed by atoms with van der Waals surface area (Å²) >= 11 is 1.64. The lowest BCUT2D eigenvalue weighted by molar-refractivity contribution is 0.262. The second-order valence-corrected chi connectivity index (χ2v) is 5.83. The molecule has 5 heteroatoms. The first-order valence-corrected chi connectivity index (χ1v) is 8.42. The molecule has 2 N–H and O–H groups in total. The molecule has 0 aliphatic carbocycles. The summed E-state index contributed by atoms with van der Waals surface area (Å²) < 4.78 is 2.01. The van der Waals surface area contributed by atoms with E-state index in [1.54, 1.807) is 11.8 Å². The van der Waals surface area contributed by atoms with Crippen LogP contribution in [0.4, 0.5) is 16.2 Å². The predicted octanol–water partition coefficient (Wildman–Crippen LogP) is 4.84. The van der Waals surface area contributed by atoms with E-state index in [9.17, 15) is 4.79 Å². The zero-order chi connectivity index (χ0) is 16.1. The average molecular weight is 323 g/mol. The Labute approximate surface area is 139 Å². The van der Waals surface area contributed by atoms with E-state index in [0.29, 0.717) is 0 Å². The summed E-state index contributed by atoms with van der Waals surface area (Å²) in [5.74, 6) is 0. The van der Waals surface area contributed by atoms with E-state index < -0.39 is 0 Å². The van der Waals surface area contributed by atoms with Gasteiger partial charge in [0.2, 0.25) is 0 Å². The van der Waals surface area contributed by atoms with Crippen molar-refractivity contribution in [2.45, 2.75) is 4.90 Å². The highest BCUT2D eigenvalue weighted by atomic mass is 32.2. The van der Waals surface area contributed by atoms with Crippen LogP contribution in [0.25, 0.3) is 5.69 Å². The molecule has 0 spiro atoms. The van der Waals surface area contributed by atoms with Gasteiger partial charge in [-0.05, 0) is 60.9 Å². The molecule has 0 bridgehead atoms. The third-order valence-corrected chi connectivity index (χ3v) is 4.08. The molecule has 0 aliphatic rings. The fourth-order valence-corrected chi connectivity index (χ4v) is 2.68. The minimum absolute atomic E-state index is 0.253.